The molecule has 0 unspecified atom stereocenters. The van der Waals surface area contributed by atoms with Crippen molar-refractivity contribution in [1.82, 2.24) is 0 Å². The van der Waals surface area contributed by atoms with Gasteiger partial charge < -0.3 is 15.8 Å². The molecule has 2 aromatic carbocycles. The lowest BCUT2D eigenvalue weighted by molar-refractivity contribution is 0.311. The third kappa shape index (κ3) is 4.90. The van der Waals surface area contributed by atoms with Crippen LogP contribution in [0.1, 0.15) is 12.0 Å². The van der Waals surface area contributed by atoms with Crippen molar-refractivity contribution in [1.29, 1.82) is 0 Å². The molecule has 0 aliphatic heterocycles. The molecule has 0 bridgehead atoms. The van der Waals surface area contributed by atoms with Crippen LogP contribution in [0.5, 0.6) is 5.75 Å². The Balaban J connectivity index is 1.73. The summed E-state index contributed by atoms with van der Waals surface area (Å²) in [7, 11) is 0. The molecule has 20 heavy (non-hydrogen) atoms. The topological polar surface area (TPSA) is 47.3 Å². The molecule has 0 atom stereocenters. The van der Waals surface area contributed by atoms with Crippen LogP contribution in [-0.4, -0.2) is 11.7 Å². The zero-order chi connectivity index (χ0) is 14.2. The largest absolute Gasteiger partial charge is 0.494 e. The van der Waals surface area contributed by atoms with E-state index in [1.807, 2.05) is 30.3 Å². The molecule has 0 aliphatic rings. The lowest BCUT2D eigenvalue weighted by atomic mass is 10.1. The highest BCUT2D eigenvalue weighted by Gasteiger charge is 1.97. The van der Waals surface area contributed by atoms with Gasteiger partial charge in [-0.2, -0.15) is 0 Å². The van der Waals surface area contributed by atoms with Gasteiger partial charge in [-0.3, -0.25) is 0 Å². The number of rotatable bonds is 6. The molecule has 4 heteroatoms. The van der Waals surface area contributed by atoms with Gasteiger partial charge in [-0.05, 0) is 54.9 Å². The number of aryl methyl sites for hydroxylation is 1. The number of thiocarbonyl (C=S) groups is 1. The SMILES string of the molecule is NC(=S)Nc1ccc(OCCCc2ccccc2)cc1. The lowest BCUT2D eigenvalue weighted by Gasteiger charge is -2.08. The van der Waals surface area contributed by atoms with Crippen molar-refractivity contribution in [3.63, 3.8) is 0 Å². The monoisotopic (exact) mass is 286 g/mol. The fourth-order valence-electron chi connectivity index (χ4n) is 1.89. The number of ether oxygens (including phenoxy) is 1. The average molecular weight is 286 g/mol. The number of hydrogen-bond donors (Lipinski definition) is 2. The molecular weight excluding hydrogens is 268 g/mol. The maximum atomic E-state index is 5.70. The molecular formula is C16H18N2OS. The smallest absolute Gasteiger partial charge is 0.168 e. The van der Waals surface area contributed by atoms with Gasteiger partial charge in [0.2, 0.25) is 0 Å². The van der Waals surface area contributed by atoms with Gasteiger partial charge in [-0.15, -0.1) is 0 Å². The normalized spacial score (nSPS) is 10.0. The molecule has 0 saturated heterocycles. The Morgan fingerprint density at radius 3 is 2.40 bits per heavy atom. The van der Waals surface area contributed by atoms with Gasteiger partial charge in [0, 0.05) is 5.69 Å². The minimum Gasteiger partial charge on any atom is -0.494 e. The van der Waals surface area contributed by atoms with E-state index in [1.54, 1.807) is 0 Å². The molecule has 0 radical (unpaired) electrons. The molecule has 0 aliphatic carbocycles. The van der Waals surface area contributed by atoms with E-state index in [4.69, 9.17) is 22.7 Å². The summed E-state index contributed by atoms with van der Waals surface area (Å²) >= 11 is 4.78. The molecule has 0 aromatic heterocycles. The lowest BCUT2D eigenvalue weighted by Crippen LogP contribution is -2.18. The first-order chi connectivity index (χ1) is 9.74. The Morgan fingerprint density at radius 2 is 1.75 bits per heavy atom. The van der Waals surface area contributed by atoms with E-state index >= 15 is 0 Å². The van der Waals surface area contributed by atoms with Crippen LogP contribution < -0.4 is 15.8 Å². The van der Waals surface area contributed by atoms with Crippen molar-refractivity contribution in [2.75, 3.05) is 11.9 Å². The second-order valence-electron chi connectivity index (χ2n) is 4.45. The van der Waals surface area contributed by atoms with Crippen LogP contribution in [0.15, 0.2) is 54.6 Å². The van der Waals surface area contributed by atoms with E-state index in [1.165, 1.54) is 5.56 Å². The second-order valence-corrected chi connectivity index (χ2v) is 4.89. The average Bonchev–Trinajstić information content (AvgIpc) is 2.46. The Hall–Kier alpha value is -2.07. The summed E-state index contributed by atoms with van der Waals surface area (Å²) in [6.45, 7) is 0.705. The highest BCUT2D eigenvalue weighted by molar-refractivity contribution is 7.80. The van der Waals surface area contributed by atoms with Gasteiger partial charge >= 0.3 is 0 Å². The van der Waals surface area contributed by atoms with Crippen molar-refractivity contribution in [2.45, 2.75) is 12.8 Å². The fraction of sp³-hybridized carbons (Fsp3) is 0.188. The Kier molecular flexibility index (Phi) is 5.38. The number of anilines is 1. The standard InChI is InChI=1S/C16H18N2OS/c17-16(20)18-14-8-10-15(11-9-14)19-12-4-7-13-5-2-1-3-6-13/h1-3,5-6,8-11H,4,7,12H2,(H3,17,18,20). The van der Waals surface area contributed by atoms with Crippen LogP contribution in [0.25, 0.3) is 0 Å². The van der Waals surface area contributed by atoms with Gasteiger partial charge in [0.1, 0.15) is 5.75 Å². The van der Waals surface area contributed by atoms with Crippen LogP contribution in [0.2, 0.25) is 0 Å². The first kappa shape index (κ1) is 14.3. The van der Waals surface area contributed by atoms with Crippen molar-refractivity contribution >= 4 is 23.0 Å². The van der Waals surface area contributed by atoms with Crippen LogP contribution >= 0.6 is 12.2 Å². The fourth-order valence-corrected chi connectivity index (χ4v) is 2.01. The maximum Gasteiger partial charge on any atom is 0.168 e. The van der Waals surface area contributed by atoms with Crippen LogP contribution in [-0.2, 0) is 6.42 Å². The molecule has 2 rings (SSSR count). The minimum atomic E-state index is 0.265. The quantitative estimate of drug-likeness (QED) is 0.631. The van der Waals surface area contributed by atoms with Crippen LogP contribution in [0.4, 0.5) is 5.69 Å². The van der Waals surface area contributed by atoms with E-state index in [2.05, 4.69) is 29.6 Å². The molecule has 0 heterocycles. The summed E-state index contributed by atoms with van der Waals surface area (Å²) < 4.78 is 5.70. The zero-order valence-electron chi connectivity index (χ0n) is 11.2. The van der Waals surface area contributed by atoms with E-state index in [0.29, 0.717) is 6.61 Å². The summed E-state index contributed by atoms with van der Waals surface area (Å²) in [6.07, 6.45) is 2.03. The summed E-state index contributed by atoms with van der Waals surface area (Å²) in [6, 6.07) is 18.0. The molecule has 0 saturated carbocycles. The summed E-state index contributed by atoms with van der Waals surface area (Å²) in [4.78, 5) is 0. The highest BCUT2D eigenvalue weighted by atomic mass is 32.1. The van der Waals surface area contributed by atoms with Crippen molar-refractivity contribution < 1.29 is 4.74 Å². The van der Waals surface area contributed by atoms with Crippen molar-refractivity contribution in [3.05, 3.63) is 60.2 Å². The number of hydrogen-bond acceptors (Lipinski definition) is 2. The van der Waals surface area contributed by atoms with Gasteiger partial charge in [0.25, 0.3) is 0 Å². The van der Waals surface area contributed by atoms with Crippen LogP contribution in [0, 0.1) is 0 Å². The van der Waals surface area contributed by atoms with Gasteiger partial charge in [-0.25, -0.2) is 0 Å². The molecule has 0 spiro atoms. The van der Waals surface area contributed by atoms with E-state index in [-0.39, 0.29) is 5.11 Å². The predicted molar refractivity (Wildman–Crippen MR) is 87.1 cm³/mol. The Labute approximate surface area is 124 Å². The van der Waals surface area contributed by atoms with Gasteiger partial charge in [-0.1, -0.05) is 30.3 Å². The van der Waals surface area contributed by atoms with E-state index in [0.717, 1.165) is 24.3 Å². The second kappa shape index (κ2) is 7.50. The third-order valence-electron chi connectivity index (χ3n) is 2.84. The van der Waals surface area contributed by atoms with E-state index < -0.39 is 0 Å². The molecule has 0 fully saturated rings. The summed E-state index contributed by atoms with van der Waals surface area (Å²) in [5, 5.41) is 3.14. The van der Waals surface area contributed by atoms with E-state index in [9.17, 15) is 0 Å². The Bertz CT molecular complexity index is 540. The summed E-state index contributed by atoms with van der Waals surface area (Å²) in [5.41, 5.74) is 7.61. The first-order valence-corrected chi connectivity index (χ1v) is 6.98. The predicted octanol–water partition coefficient (Wildman–Crippen LogP) is 3.35. The molecule has 0 amide bonds. The number of benzene rings is 2. The third-order valence-corrected chi connectivity index (χ3v) is 2.95. The Morgan fingerprint density at radius 1 is 1.05 bits per heavy atom. The van der Waals surface area contributed by atoms with Gasteiger partial charge in [0.15, 0.2) is 5.11 Å². The van der Waals surface area contributed by atoms with Crippen LogP contribution in [0.3, 0.4) is 0 Å². The molecule has 104 valence electrons. The number of nitrogens with one attached hydrogen (secondary N) is 1. The minimum absolute atomic E-state index is 0.265. The van der Waals surface area contributed by atoms with Gasteiger partial charge in [0.05, 0.1) is 6.61 Å². The summed E-state index contributed by atoms with van der Waals surface area (Å²) in [5.74, 6) is 0.853. The zero-order valence-corrected chi connectivity index (χ0v) is 12.0. The van der Waals surface area contributed by atoms with Crippen molar-refractivity contribution in [3.8, 4) is 5.75 Å². The molecule has 2 aromatic rings. The van der Waals surface area contributed by atoms with Crippen molar-refractivity contribution in [2.24, 2.45) is 5.73 Å². The first-order valence-electron chi connectivity index (χ1n) is 6.57. The number of nitrogens with two attached hydrogens (primary N) is 1. The molecule has 3 nitrogen and oxygen atoms in total. The molecule has 3 N–H and O–H groups in total. The highest BCUT2D eigenvalue weighted by Crippen LogP contribution is 2.16. The maximum absolute atomic E-state index is 5.70.